The maximum atomic E-state index is 4.18. The van der Waals surface area contributed by atoms with Crippen LogP contribution in [0, 0.1) is 0 Å². The fourth-order valence-corrected chi connectivity index (χ4v) is 2.30. The zero-order valence-corrected chi connectivity index (χ0v) is 17.6. The summed E-state index contributed by atoms with van der Waals surface area (Å²) in [4.78, 5) is 8.11. The van der Waals surface area contributed by atoms with E-state index in [1.54, 1.807) is 0 Å². The number of hydrogen-bond donors (Lipinski definition) is 0. The Morgan fingerprint density at radius 3 is 1.37 bits per heavy atom. The first-order valence-corrected chi connectivity index (χ1v) is 9.77. The Hall–Kier alpha value is -2.48. The Bertz CT molecular complexity index is 602. The Morgan fingerprint density at radius 2 is 1.04 bits per heavy atom. The van der Waals surface area contributed by atoms with Gasteiger partial charge in [-0.05, 0) is 53.1 Å². The largest absolute Gasteiger partial charge is 0.265 e. The molecular weight excluding hydrogens is 328 g/mol. The Kier molecular flexibility index (Phi) is 10.7. The van der Waals surface area contributed by atoms with Crippen LogP contribution in [0.1, 0.15) is 76.1 Å². The number of nitrogens with zero attached hydrogens (tertiary/aromatic N) is 2. The molecule has 0 amide bonds. The highest BCUT2D eigenvalue weighted by molar-refractivity contribution is 5.17. The molecule has 144 valence electrons. The molecule has 2 heterocycles. The first-order chi connectivity index (χ1) is 12.9. The first kappa shape index (κ1) is 22.6. The Morgan fingerprint density at radius 1 is 0.519 bits per heavy atom. The zero-order chi connectivity index (χ0) is 20.1. The minimum absolute atomic E-state index is 0.547. The lowest BCUT2D eigenvalue weighted by Crippen LogP contribution is -1.88. The highest BCUT2D eigenvalue weighted by Crippen LogP contribution is 2.12. The van der Waals surface area contributed by atoms with Gasteiger partial charge in [0, 0.05) is 24.3 Å². The van der Waals surface area contributed by atoms with Crippen LogP contribution >= 0.6 is 0 Å². The molecule has 1 aromatic carbocycles. The summed E-state index contributed by atoms with van der Waals surface area (Å²) in [5.41, 5.74) is 3.93. The van der Waals surface area contributed by atoms with Gasteiger partial charge in [-0.3, -0.25) is 9.97 Å². The van der Waals surface area contributed by atoms with Crippen LogP contribution in [0.4, 0.5) is 0 Å². The number of pyridine rings is 2. The van der Waals surface area contributed by atoms with Crippen LogP contribution in [0.25, 0.3) is 0 Å². The van der Waals surface area contributed by atoms with Gasteiger partial charge in [-0.2, -0.15) is 0 Å². The number of aromatic nitrogens is 2. The van der Waals surface area contributed by atoms with Crippen LogP contribution in [0.15, 0.2) is 79.3 Å². The van der Waals surface area contributed by atoms with Crippen LogP contribution in [0.5, 0.6) is 0 Å². The molecule has 0 atom stereocenters. The minimum atomic E-state index is 0.547. The van der Waals surface area contributed by atoms with Crippen molar-refractivity contribution in [1.29, 1.82) is 0 Å². The van der Waals surface area contributed by atoms with E-state index in [1.807, 2.05) is 55.0 Å². The van der Waals surface area contributed by atoms with Crippen molar-refractivity contribution in [2.45, 2.75) is 59.3 Å². The lowest BCUT2D eigenvalue weighted by molar-refractivity contribution is 0.823. The first-order valence-electron chi connectivity index (χ1n) is 9.77. The van der Waals surface area contributed by atoms with E-state index in [0.29, 0.717) is 17.8 Å². The minimum Gasteiger partial charge on any atom is -0.265 e. The van der Waals surface area contributed by atoms with Crippen LogP contribution in [0.2, 0.25) is 0 Å². The summed E-state index contributed by atoms with van der Waals surface area (Å²) in [6.45, 7) is 13.0. The molecule has 0 aliphatic heterocycles. The van der Waals surface area contributed by atoms with Crippen molar-refractivity contribution in [3.8, 4) is 0 Å². The smallest absolute Gasteiger partial charge is 0.0428 e. The monoisotopic (exact) mass is 362 g/mol. The SMILES string of the molecule is CC(C)c1ccccc1.CC(C)c1ccccn1.CC(C)c1ccncc1. The Labute approximate surface area is 165 Å². The highest BCUT2D eigenvalue weighted by atomic mass is 14.7. The zero-order valence-electron chi connectivity index (χ0n) is 17.6. The predicted octanol–water partition coefficient (Wildman–Crippen LogP) is 7.22. The Balaban J connectivity index is 0.000000202. The summed E-state index contributed by atoms with van der Waals surface area (Å²) in [5.74, 6) is 1.82. The van der Waals surface area contributed by atoms with Crippen molar-refractivity contribution in [3.05, 3.63) is 96.1 Å². The second kappa shape index (κ2) is 12.8. The molecule has 0 bridgehead atoms. The van der Waals surface area contributed by atoms with E-state index >= 15 is 0 Å². The number of rotatable bonds is 3. The summed E-state index contributed by atoms with van der Waals surface area (Å²) in [7, 11) is 0. The van der Waals surface area contributed by atoms with E-state index in [9.17, 15) is 0 Å². The van der Waals surface area contributed by atoms with Crippen molar-refractivity contribution in [3.63, 3.8) is 0 Å². The summed E-state index contributed by atoms with van der Waals surface area (Å²) in [6.07, 6.45) is 5.49. The van der Waals surface area contributed by atoms with Crippen LogP contribution in [-0.4, -0.2) is 9.97 Å². The van der Waals surface area contributed by atoms with Gasteiger partial charge < -0.3 is 0 Å². The van der Waals surface area contributed by atoms with E-state index in [0.717, 1.165) is 5.69 Å². The molecule has 3 aromatic rings. The molecular formula is C25H34N2. The standard InChI is InChI=1S/C9H12.2C8H11N/c1-8(2)9-6-4-3-5-7-9;1-7(2)8-3-5-9-6-4-8;1-7(2)8-5-3-4-6-9-8/h3-8H,1-2H3;2*3-7H,1-2H3. The van der Waals surface area contributed by atoms with Crippen molar-refractivity contribution in [1.82, 2.24) is 9.97 Å². The van der Waals surface area contributed by atoms with Crippen molar-refractivity contribution in [2.75, 3.05) is 0 Å². The van der Waals surface area contributed by atoms with Gasteiger partial charge in [-0.25, -0.2) is 0 Å². The quantitative estimate of drug-likeness (QED) is 0.491. The van der Waals surface area contributed by atoms with Crippen LogP contribution in [0.3, 0.4) is 0 Å². The molecule has 0 saturated carbocycles. The third-order valence-corrected chi connectivity index (χ3v) is 4.12. The van der Waals surface area contributed by atoms with Crippen LogP contribution in [-0.2, 0) is 0 Å². The fraction of sp³-hybridized carbons (Fsp3) is 0.360. The van der Waals surface area contributed by atoms with E-state index in [-0.39, 0.29) is 0 Å². The van der Waals surface area contributed by atoms with Gasteiger partial charge >= 0.3 is 0 Å². The van der Waals surface area contributed by atoms with Crippen molar-refractivity contribution in [2.24, 2.45) is 0 Å². The maximum Gasteiger partial charge on any atom is 0.0428 e. The molecule has 2 aromatic heterocycles. The molecule has 0 radical (unpaired) electrons. The van der Waals surface area contributed by atoms with Crippen molar-refractivity contribution < 1.29 is 0 Å². The normalized spacial score (nSPS) is 10.1. The summed E-state index contributed by atoms with van der Waals surface area (Å²) in [6, 6.07) is 20.6. The fourth-order valence-electron chi connectivity index (χ4n) is 2.30. The summed E-state index contributed by atoms with van der Waals surface area (Å²) < 4.78 is 0. The third-order valence-electron chi connectivity index (χ3n) is 4.12. The van der Waals surface area contributed by atoms with Gasteiger partial charge in [0.2, 0.25) is 0 Å². The van der Waals surface area contributed by atoms with Gasteiger partial charge in [-0.1, -0.05) is 77.9 Å². The molecule has 0 aliphatic carbocycles. The molecule has 2 heteroatoms. The molecule has 0 N–H and O–H groups in total. The second-order valence-corrected chi connectivity index (χ2v) is 7.41. The molecule has 0 aliphatic rings. The molecule has 3 rings (SSSR count). The van der Waals surface area contributed by atoms with E-state index in [1.165, 1.54) is 11.1 Å². The average Bonchev–Trinajstić information content (AvgIpc) is 2.71. The lowest BCUT2D eigenvalue weighted by Gasteiger charge is -2.01. The molecule has 0 fully saturated rings. The summed E-state index contributed by atoms with van der Waals surface area (Å²) in [5, 5.41) is 0. The van der Waals surface area contributed by atoms with Crippen LogP contribution < -0.4 is 0 Å². The second-order valence-electron chi connectivity index (χ2n) is 7.41. The molecule has 0 spiro atoms. The summed E-state index contributed by atoms with van der Waals surface area (Å²) >= 11 is 0. The van der Waals surface area contributed by atoms with Gasteiger partial charge in [0.1, 0.15) is 0 Å². The molecule has 2 nitrogen and oxygen atoms in total. The molecule has 0 unspecified atom stereocenters. The van der Waals surface area contributed by atoms with Gasteiger partial charge in [-0.15, -0.1) is 0 Å². The maximum absolute atomic E-state index is 4.18. The topological polar surface area (TPSA) is 25.8 Å². The van der Waals surface area contributed by atoms with Gasteiger partial charge in [0.05, 0.1) is 0 Å². The highest BCUT2D eigenvalue weighted by Gasteiger charge is 1.96. The third kappa shape index (κ3) is 9.69. The van der Waals surface area contributed by atoms with Gasteiger partial charge in [0.15, 0.2) is 0 Å². The van der Waals surface area contributed by atoms with Crippen molar-refractivity contribution >= 4 is 0 Å². The van der Waals surface area contributed by atoms with E-state index in [2.05, 4.69) is 75.8 Å². The van der Waals surface area contributed by atoms with Gasteiger partial charge in [0.25, 0.3) is 0 Å². The molecule has 27 heavy (non-hydrogen) atoms. The lowest BCUT2D eigenvalue weighted by atomic mass is 10.0. The number of benzene rings is 1. The number of hydrogen-bond acceptors (Lipinski definition) is 2. The average molecular weight is 363 g/mol. The van der Waals surface area contributed by atoms with E-state index in [4.69, 9.17) is 0 Å². The van der Waals surface area contributed by atoms with E-state index < -0.39 is 0 Å². The predicted molar refractivity (Wildman–Crippen MR) is 117 cm³/mol. The molecule has 0 saturated heterocycles.